The Morgan fingerprint density at radius 2 is 1.94 bits per heavy atom. The fraction of sp³-hybridized carbons (Fsp3) is 0.333. The van der Waals surface area contributed by atoms with E-state index in [4.69, 9.17) is 14.5 Å². The van der Waals surface area contributed by atoms with Crippen molar-refractivity contribution in [2.75, 3.05) is 26.9 Å². The zero-order valence-corrected chi connectivity index (χ0v) is 20.3. The van der Waals surface area contributed by atoms with E-state index in [9.17, 15) is 9.59 Å². The van der Waals surface area contributed by atoms with Crippen LogP contribution in [0.25, 0.3) is 22.0 Å². The second-order valence-electron chi connectivity index (χ2n) is 9.26. The molecule has 1 fully saturated rings. The summed E-state index contributed by atoms with van der Waals surface area (Å²) in [6.07, 6.45) is 0.935. The summed E-state index contributed by atoms with van der Waals surface area (Å²) < 4.78 is 14.6. The van der Waals surface area contributed by atoms with Crippen molar-refractivity contribution in [2.45, 2.75) is 25.4 Å². The minimum absolute atomic E-state index is 0.198. The molecule has 0 saturated carbocycles. The fourth-order valence-corrected chi connectivity index (χ4v) is 5.23. The van der Waals surface area contributed by atoms with Crippen LogP contribution in [0.2, 0.25) is 0 Å². The largest absolute Gasteiger partial charge is 0.497 e. The number of methoxy groups -OCH3 is 1. The number of amides is 1. The monoisotopic (exact) mass is 485 g/mol. The van der Waals surface area contributed by atoms with Crippen molar-refractivity contribution in [3.63, 3.8) is 0 Å². The number of aromatic nitrogens is 4. The van der Waals surface area contributed by atoms with Crippen LogP contribution >= 0.6 is 0 Å². The lowest BCUT2D eigenvalue weighted by Crippen LogP contribution is -2.40. The van der Waals surface area contributed by atoms with Crippen LogP contribution < -0.4 is 10.3 Å². The van der Waals surface area contributed by atoms with Crippen LogP contribution in [0, 0.1) is 0 Å². The van der Waals surface area contributed by atoms with Gasteiger partial charge in [-0.25, -0.2) is 9.67 Å². The molecule has 1 atom stereocenters. The number of rotatable bonds is 4. The maximum Gasteiger partial charge on any atom is 0.275 e. The van der Waals surface area contributed by atoms with Gasteiger partial charge < -0.3 is 18.9 Å². The SMILES string of the molecule is COc1cccc(-c2nc(C3CCOC3)n3c2CN(C(=O)c2nn(C)c(=O)c4ccccc24)CC3)c1. The Kier molecular flexibility index (Phi) is 5.56. The van der Waals surface area contributed by atoms with Crippen LogP contribution in [0.3, 0.4) is 0 Å². The average molecular weight is 486 g/mol. The summed E-state index contributed by atoms with van der Waals surface area (Å²) in [7, 11) is 3.22. The minimum Gasteiger partial charge on any atom is -0.497 e. The van der Waals surface area contributed by atoms with E-state index < -0.39 is 0 Å². The summed E-state index contributed by atoms with van der Waals surface area (Å²) in [5.41, 5.74) is 2.85. The quantitative estimate of drug-likeness (QED) is 0.441. The molecular weight excluding hydrogens is 458 g/mol. The molecule has 0 spiro atoms. The van der Waals surface area contributed by atoms with Gasteiger partial charge in [-0.15, -0.1) is 0 Å². The number of ether oxygens (including phenoxy) is 2. The molecule has 6 rings (SSSR count). The lowest BCUT2D eigenvalue weighted by molar-refractivity contribution is 0.0703. The second-order valence-corrected chi connectivity index (χ2v) is 9.26. The van der Waals surface area contributed by atoms with Gasteiger partial charge in [0.2, 0.25) is 0 Å². The highest BCUT2D eigenvalue weighted by Crippen LogP contribution is 2.35. The first-order valence-electron chi connectivity index (χ1n) is 12.1. The van der Waals surface area contributed by atoms with Gasteiger partial charge in [-0.1, -0.05) is 30.3 Å². The van der Waals surface area contributed by atoms with Crippen molar-refractivity contribution in [3.05, 3.63) is 76.1 Å². The van der Waals surface area contributed by atoms with Crippen LogP contribution in [0.5, 0.6) is 5.75 Å². The Hall–Kier alpha value is -3.98. The topological polar surface area (TPSA) is 91.5 Å². The molecule has 0 N–H and O–H groups in total. The first kappa shape index (κ1) is 22.5. The molecule has 4 aromatic rings. The second kappa shape index (κ2) is 8.91. The molecule has 184 valence electrons. The predicted molar refractivity (Wildman–Crippen MR) is 134 cm³/mol. The lowest BCUT2D eigenvalue weighted by atomic mass is 10.1. The Bertz CT molecular complexity index is 1530. The maximum absolute atomic E-state index is 13.8. The summed E-state index contributed by atoms with van der Waals surface area (Å²) in [6.45, 7) is 2.94. The van der Waals surface area contributed by atoms with Crippen molar-refractivity contribution < 1.29 is 14.3 Å². The number of imidazole rings is 1. The zero-order valence-electron chi connectivity index (χ0n) is 20.3. The number of carbonyl (C=O) groups is 1. The van der Waals surface area contributed by atoms with Gasteiger partial charge in [0.15, 0.2) is 5.69 Å². The van der Waals surface area contributed by atoms with E-state index >= 15 is 0 Å². The lowest BCUT2D eigenvalue weighted by Gasteiger charge is -2.30. The van der Waals surface area contributed by atoms with Crippen LogP contribution in [0.15, 0.2) is 53.3 Å². The molecular formula is C27H27N5O4. The fourth-order valence-electron chi connectivity index (χ4n) is 5.23. The van der Waals surface area contributed by atoms with Crippen molar-refractivity contribution in [1.29, 1.82) is 0 Å². The number of carbonyl (C=O) groups excluding carboxylic acids is 1. The van der Waals surface area contributed by atoms with Gasteiger partial charge in [0.25, 0.3) is 11.5 Å². The minimum atomic E-state index is -0.220. The van der Waals surface area contributed by atoms with E-state index in [1.165, 1.54) is 4.68 Å². The summed E-state index contributed by atoms with van der Waals surface area (Å²) >= 11 is 0. The molecule has 2 aliphatic heterocycles. The molecule has 1 saturated heterocycles. The molecule has 2 aliphatic rings. The highest BCUT2D eigenvalue weighted by molar-refractivity contribution is 6.04. The van der Waals surface area contributed by atoms with E-state index in [-0.39, 0.29) is 23.1 Å². The molecule has 9 nitrogen and oxygen atoms in total. The van der Waals surface area contributed by atoms with Crippen molar-refractivity contribution >= 4 is 16.7 Å². The summed E-state index contributed by atoms with van der Waals surface area (Å²) in [5.74, 6) is 1.80. The van der Waals surface area contributed by atoms with Crippen molar-refractivity contribution in [1.82, 2.24) is 24.2 Å². The first-order chi connectivity index (χ1) is 17.5. The number of hydrogen-bond acceptors (Lipinski definition) is 6. The van der Waals surface area contributed by atoms with Gasteiger partial charge in [-0.3, -0.25) is 9.59 Å². The number of nitrogens with zero attached hydrogens (tertiary/aromatic N) is 5. The normalized spacial score (nSPS) is 17.4. The zero-order chi connectivity index (χ0) is 24.8. The molecule has 1 amide bonds. The Morgan fingerprint density at radius 1 is 1.11 bits per heavy atom. The third-order valence-electron chi connectivity index (χ3n) is 7.12. The highest BCUT2D eigenvalue weighted by Gasteiger charge is 2.33. The van der Waals surface area contributed by atoms with E-state index in [1.54, 1.807) is 37.3 Å². The number of aryl methyl sites for hydroxylation is 1. The van der Waals surface area contributed by atoms with Gasteiger partial charge in [0, 0.05) is 43.6 Å². The van der Waals surface area contributed by atoms with Gasteiger partial charge in [0.05, 0.1) is 37.0 Å². The molecule has 0 aliphatic carbocycles. The molecule has 36 heavy (non-hydrogen) atoms. The number of fused-ring (bicyclic) bond motifs is 2. The third-order valence-corrected chi connectivity index (χ3v) is 7.12. The van der Waals surface area contributed by atoms with Crippen LogP contribution in [-0.4, -0.2) is 57.0 Å². The van der Waals surface area contributed by atoms with Crippen molar-refractivity contribution in [2.24, 2.45) is 7.05 Å². The molecule has 2 aromatic carbocycles. The van der Waals surface area contributed by atoms with Gasteiger partial charge >= 0.3 is 0 Å². The van der Waals surface area contributed by atoms with Gasteiger partial charge in [0.1, 0.15) is 11.6 Å². The standard InChI is InChI=1S/C27H27N5O4/c1-30-26(33)21-9-4-3-8-20(21)24(29-30)27(34)31-11-12-32-22(15-31)23(17-6-5-7-19(14-17)35-2)28-25(32)18-10-13-36-16-18/h3-9,14,18H,10-13,15-16H2,1-2H3. The molecule has 1 unspecified atom stereocenters. The smallest absolute Gasteiger partial charge is 0.275 e. The van der Waals surface area contributed by atoms with E-state index in [0.717, 1.165) is 41.6 Å². The van der Waals surface area contributed by atoms with Crippen LogP contribution in [0.1, 0.15) is 34.3 Å². The number of benzene rings is 2. The summed E-state index contributed by atoms with van der Waals surface area (Å²) in [5, 5.41) is 5.42. The molecule has 0 bridgehead atoms. The Morgan fingerprint density at radius 3 is 2.72 bits per heavy atom. The summed E-state index contributed by atoms with van der Waals surface area (Å²) in [6, 6.07) is 15.0. The Labute approximate surface area is 207 Å². The highest BCUT2D eigenvalue weighted by atomic mass is 16.5. The van der Waals surface area contributed by atoms with Crippen LogP contribution in [-0.2, 0) is 24.9 Å². The number of hydrogen-bond donors (Lipinski definition) is 0. The first-order valence-corrected chi connectivity index (χ1v) is 12.1. The van der Waals surface area contributed by atoms with Crippen molar-refractivity contribution in [3.8, 4) is 17.0 Å². The molecule has 4 heterocycles. The molecule has 2 aromatic heterocycles. The predicted octanol–water partition coefficient (Wildman–Crippen LogP) is 2.97. The van der Waals surface area contributed by atoms with E-state index in [0.29, 0.717) is 37.0 Å². The van der Waals surface area contributed by atoms with E-state index in [2.05, 4.69) is 9.67 Å². The molecule has 9 heteroatoms. The van der Waals surface area contributed by atoms with Gasteiger partial charge in [-0.2, -0.15) is 5.10 Å². The third kappa shape index (κ3) is 3.67. The van der Waals surface area contributed by atoms with Crippen LogP contribution in [0.4, 0.5) is 0 Å². The maximum atomic E-state index is 13.8. The van der Waals surface area contributed by atoms with Gasteiger partial charge in [-0.05, 0) is 24.6 Å². The Balaban J connectivity index is 1.42. The molecule has 0 radical (unpaired) electrons. The average Bonchev–Trinajstić information content (AvgIpc) is 3.58. The van der Waals surface area contributed by atoms with E-state index in [1.807, 2.05) is 30.3 Å². The summed E-state index contributed by atoms with van der Waals surface area (Å²) in [4.78, 5) is 33.2.